The molecule has 1 aromatic heterocycles. The molecule has 6 N–H and O–H groups in total. The van der Waals surface area contributed by atoms with E-state index in [0.29, 0.717) is 12.2 Å². The van der Waals surface area contributed by atoms with E-state index >= 15 is 4.79 Å². The summed E-state index contributed by atoms with van der Waals surface area (Å²) < 4.78 is 7.85. The quantitative estimate of drug-likeness (QED) is 0.0538. The van der Waals surface area contributed by atoms with Gasteiger partial charge in [0.25, 0.3) is 0 Å². The van der Waals surface area contributed by atoms with Crippen molar-refractivity contribution >= 4 is 57.9 Å². The van der Waals surface area contributed by atoms with E-state index in [2.05, 4.69) is 45.0 Å². The van der Waals surface area contributed by atoms with Crippen LogP contribution in [0.1, 0.15) is 106 Å². The van der Waals surface area contributed by atoms with Gasteiger partial charge in [0.2, 0.25) is 41.4 Å². The second-order valence-electron chi connectivity index (χ2n) is 21.6. The molecule has 7 amide bonds. The number of phenolic OH excluding ortho intramolecular Hbond substituents is 1. The second kappa shape index (κ2) is 24.9. The molecule has 3 aromatic rings. The average Bonchev–Trinajstić information content (AvgIpc) is 4.14. The number of carbonyl (C=O) groups excluding carboxylic acids is 7. The topological polar surface area (TPSA) is 267 Å². The number of allylic oxidation sites excluding steroid dienone is 1. The van der Waals surface area contributed by atoms with Crippen molar-refractivity contribution in [1.82, 2.24) is 41.0 Å². The Labute approximate surface area is 433 Å². The number of rotatable bonds is 15. The number of carbonyl (C=O) groups is 7. The van der Waals surface area contributed by atoms with Crippen molar-refractivity contribution in [2.45, 2.75) is 162 Å². The fourth-order valence-corrected chi connectivity index (χ4v) is 9.50. The summed E-state index contributed by atoms with van der Waals surface area (Å²) >= 11 is 0. The normalized spacial score (nSPS) is 24.5. The number of nitrogens with zero attached hydrogens (tertiary/aromatic N) is 4. The van der Waals surface area contributed by atoms with Gasteiger partial charge in [0.05, 0.1) is 17.1 Å². The lowest BCUT2D eigenvalue weighted by molar-refractivity contribution is -0.385. The summed E-state index contributed by atoms with van der Waals surface area (Å²) in [6.07, 6.45) is 5.31. The predicted molar refractivity (Wildman–Crippen MR) is 279 cm³/mol. The molecule has 2 aromatic carbocycles. The molecule has 0 saturated carbocycles. The van der Waals surface area contributed by atoms with Crippen molar-refractivity contribution < 1.29 is 48.3 Å². The highest BCUT2D eigenvalue weighted by atomic mass is 16.6. The molecule has 0 bridgehead atoms. The fourth-order valence-electron chi connectivity index (χ4n) is 9.50. The molecule has 5 rings (SSSR count). The molecule has 20 heteroatoms. The van der Waals surface area contributed by atoms with Crippen LogP contribution in [0.25, 0.3) is 10.9 Å². The number of ether oxygens (including phenoxy) is 1. The van der Waals surface area contributed by atoms with Gasteiger partial charge in [-0.05, 0) is 94.4 Å². The van der Waals surface area contributed by atoms with E-state index in [0.717, 1.165) is 23.0 Å². The Kier molecular flexibility index (Phi) is 19.6. The van der Waals surface area contributed by atoms with Gasteiger partial charge in [-0.2, -0.15) is 0 Å². The molecule has 8 atom stereocenters. The molecule has 74 heavy (non-hydrogen) atoms. The van der Waals surface area contributed by atoms with Crippen molar-refractivity contribution in [2.75, 3.05) is 20.7 Å². The number of nitro benzene ring substituents is 1. The Morgan fingerprint density at radius 3 is 1.82 bits per heavy atom. The van der Waals surface area contributed by atoms with E-state index < -0.39 is 106 Å². The van der Waals surface area contributed by atoms with E-state index in [1.165, 1.54) is 36.9 Å². The molecule has 8 unspecified atom stereocenters. The Hall–Kier alpha value is -6.83. The van der Waals surface area contributed by atoms with Crippen LogP contribution < -0.4 is 26.6 Å². The number of phenols is 1. The minimum Gasteiger partial charge on any atom is -0.502 e. The highest BCUT2D eigenvalue weighted by Crippen LogP contribution is 2.36. The monoisotopic (exact) mass is 1030 g/mol. The number of para-hydroxylation sites is 1. The number of aromatic hydroxyl groups is 1. The van der Waals surface area contributed by atoms with Gasteiger partial charge in [0.15, 0.2) is 5.75 Å². The van der Waals surface area contributed by atoms with Crippen molar-refractivity contribution in [3.8, 4) is 5.75 Å². The smallest absolute Gasteiger partial charge is 0.310 e. The summed E-state index contributed by atoms with van der Waals surface area (Å²) in [7, 11) is 2.85. The number of aromatic nitrogens is 1. The number of fused-ring (bicyclic) bond motifs is 1. The molecule has 2 aliphatic rings. The van der Waals surface area contributed by atoms with Crippen LogP contribution in [0.5, 0.6) is 5.75 Å². The molecule has 2 fully saturated rings. The van der Waals surface area contributed by atoms with Crippen LogP contribution in [0.15, 0.2) is 60.8 Å². The lowest BCUT2D eigenvalue weighted by atomic mass is 9.98. The lowest BCUT2D eigenvalue weighted by Gasteiger charge is -2.33. The number of nitro groups is 1. The van der Waals surface area contributed by atoms with Gasteiger partial charge in [0, 0.05) is 50.1 Å². The molecule has 0 radical (unpaired) electrons. The first-order valence-corrected chi connectivity index (χ1v) is 25.6. The minimum atomic E-state index is -1.50. The van der Waals surface area contributed by atoms with Gasteiger partial charge >= 0.3 is 5.69 Å². The molecule has 0 spiro atoms. The van der Waals surface area contributed by atoms with Crippen LogP contribution in [0, 0.1) is 27.9 Å². The van der Waals surface area contributed by atoms with Crippen LogP contribution in [0.2, 0.25) is 0 Å². The van der Waals surface area contributed by atoms with E-state index in [1.807, 2.05) is 72.0 Å². The van der Waals surface area contributed by atoms with E-state index in [1.54, 1.807) is 19.1 Å². The van der Waals surface area contributed by atoms with E-state index in [-0.39, 0.29) is 67.9 Å². The summed E-state index contributed by atoms with van der Waals surface area (Å²) in [6, 6.07) is 2.28. The number of amides is 7. The van der Waals surface area contributed by atoms with Gasteiger partial charge < -0.3 is 50.8 Å². The van der Waals surface area contributed by atoms with Crippen molar-refractivity contribution in [3.05, 3.63) is 82.1 Å². The zero-order chi connectivity index (χ0) is 54.9. The standard InChI is InChI=1S/C54H77N9O11/c1-13-14-18-37-47(65)59-40(27-35-28-62(54(9,10)46-29-74-46)41-19-16-15-17-36(35)41)53(71)61(12)44(24-32(6)7)51(69)58-39(25-34-20-21-45(64)42(26-34)63(72)73)48(66)55-33(8)52(70)60(11)43(23-31(4)5)50(68)57-38(22-30(2)3)49(67)56-37/h13-17,19-21,26,28,30-33,37-40,43-44,46,64H,18,22-25,27,29H2,1-12H3,(H,55,66)(H,56,67)(H,57,68)(H,58,69)(H,59,65). The van der Waals surface area contributed by atoms with Gasteiger partial charge in [-0.1, -0.05) is 78.0 Å². The third-order valence-corrected chi connectivity index (χ3v) is 13.8. The van der Waals surface area contributed by atoms with Crippen LogP contribution >= 0.6 is 0 Å². The number of benzene rings is 2. The maximum Gasteiger partial charge on any atom is 0.310 e. The number of epoxide rings is 1. The summed E-state index contributed by atoms with van der Waals surface area (Å²) in [4.78, 5) is 116. The Bertz CT molecular complexity index is 2590. The van der Waals surface area contributed by atoms with Crippen LogP contribution in [0.4, 0.5) is 5.69 Å². The van der Waals surface area contributed by atoms with E-state index in [4.69, 9.17) is 4.74 Å². The second-order valence-corrected chi connectivity index (χ2v) is 21.6. The number of hydrogen-bond donors (Lipinski definition) is 6. The van der Waals surface area contributed by atoms with Crippen LogP contribution in [-0.4, -0.2) is 135 Å². The molecule has 3 heterocycles. The third kappa shape index (κ3) is 14.5. The first-order valence-electron chi connectivity index (χ1n) is 25.6. The number of hydrogen-bond acceptors (Lipinski definition) is 11. The van der Waals surface area contributed by atoms with Gasteiger partial charge in [-0.15, -0.1) is 0 Å². The largest absolute Gasteiger partial charge is 0.502 e. The Morgan fingerprint density at radius 2 is 1.26 bits per heavy atom. The summed E-state index contributed by atoms with van der Waals surface area (Å²) in [5, 5.41) is 37.0. The number of nitrogens with one attached hydrogen (secondary N) is 5. The zero-order valence-corrected chi connectivity index (χ0v) is 44.9. The summed E-state index contributed by atoms with van der Waals surface area (Å²) in [6.45, 7) is 19.0. The van der Waals surface area contributed by atoms with Gasteiger partial charge in [-0.25, -0.2) is 0 Å². The first kappa shape index (κ1) is 58.1. The fraction of sp³-hybridized carbons (Fsp3) is 0.574. The molecule has 0 aliphatic carbocycles. The molecule has 20 nitrogen and oxygen atoms in total. The average molecular weight is 1030 g/mol. The minimum absolute atomic E-state index is 0.0120. The lowest BCUT2D eigenvalue weighted by Crippen LogP contribution is -2.60. The van der Waals surface area contributed by atoms with E-state index in [9.17, 15) is 44.0 Å². The first-order chi connectivity index (χ1) is 34.7. The van der Waals surface area contributed by atoms with Crippen molar-refractivity contribution in [3.63, 3.8) is 0 Å². The van der Waals surface area contributed by atoms with Crippen molar-refractivity contribution in [1.29, 1.82) is 0 Å². The van der Waals surface area contributed by atoms with Crippen molar-refractivity contribution in [2.24, 2.45) is 17.8 Å². The number of likely N-dealkylation sites (N-methyl/N-ethyl adjacent to an activating group) is 2. The molecule has 404 valence electrons. The maximum absolute atomic E-state index is 15.3. The Morgan fingerprint density at radius 1 is 0.730 bits per heavy atom. The summed E-state index contributed by atoms with van der Waals surface area (Å²) in [5.41, 5.74) is 0.618. The zero-order valence-electron chi connectivity index (χ0n) is 44.9. The SMILES string of the molecule is CC=CCC1NC(=O)C(CC(C)C)NC(=O)C(CC(C)C)N(C)C(=O)C(C)NC(=O)C(Cc2ccc(O)c([N+](=O)[O-])c2)NC(=O)C(CC(C)C)N(C)C(=O)C(Cc2cn(C(C)(C)C3CO3)c3ccccc23)NC1=O. The molecular weight excluding hydrogens is 951 g/mol. The Balaban J connectivity index is 1.68. The van der Waals surface area contributed by atoms with Gasteiger partial charge in [-0.3, -0.25) is 43.7 Å². The van der Waals surface area contributed by atoms with Crippen LogP contribution in [-0.2, 0) is 56.7 Å². The third-order valence-electron chi connectivity index (χ3n) is 13.8. The molecular formula is C54H77N9O11. The highest BCUT2D eigenvalue weighted by Gasteiger charge is 2.43. The van der Waals surface area contributed by atoms with Crippen LogP contribution in [0.3, 0.4) is 0 Å². The predicted octanol–water partition coefficient (Wildman–Crippen LogP) is 4.39. The maximum atomic E-state index is 15.3. The highest BCUT2D eigenvalue weighted by molar-refractivity contribution is 5.99. The molecule has 2 aliphatic heterocycles. The molecule has 2 saturated heterocycles. The summed E-state index contributed by atoms with van der Waals surface area (Å²) in [5.74, 6) is -6.05. The van der Waals surface area contributed by atoms with Gasteiger partial charge in [0.1, 0.15) is 48.4 Å².